The fourth-order valence-corrected chi connectivity index (χ4v) is 2.87. The molecule has 100 valence electrons. The Morgan fingerprint density at radius 2 is 2.06 bits per heavy atom. The Bertz CT molecular complexity index is 538. The van der Waals surface area contributed by atoms with Gasteiger partial charge in [-0.05, 0) is 44.5 Å². The van der Waals surface area contributed by atoms with Crippen molar-refractivity contribution in [1.29, 1.82) is 0 Å². The van der Waals surface area contributed by atoms with Gasteiger partial charge in [0.05, 0.1) is 16.3 Å². The zero-order chi connectivity index (χ0) is 13.3. The molecule has 5 nitrogen and oxygen atoms in total. The summed E-state index contributed by atoms with van der Waals surface area (Å²) in [6.07, 6.45) is 3.60. The van der Waals surface area contributed by atoms with E-state index in [1.807, 2.05) is 7.05 Å². The van der Waals surface area contributed by atoms with Crippen molar-refractivity contribution in [3.8, 4) is 0 Å². The Balaban J connectivity index is 2.30. The van der Waals surface area contributed by atoms with Crippen molar-refractivity contribution in [2.45, 2.75) is 30.2 Å². The fourth-order valence-electron chi connectivity index (χ4n) is 2.11. The number of nitrogen functional groups attached to an aromatic ring is 1. The van der Waals surface area contributed by atoms with Gasteiger partial charge >= 0.3 is 0 Å². The summed E-state index contributed by atoms with van der Waals surface area (Å²) in [5.41, 5.74) is 7.35. The quantitative estimate of drug-likeness (QED) is 0.804. The first-order valence-electron chi connectivity index (χ1n) is 6.01. The molecule has 0 radical (unpaired) electrons. The maximum absolute atomic E-state index is 11.7. The third-order valence-electron chi connectivity index (χ3n) is 3.58. The number of nitrogens with zero attached hydrogens (tertiary/aromatic N) is 1. The molecule has 0 saturated heterocycles. The minimum absolute atomic E-state index is 0.202. The standard InChI is InChI=1S/C12H19N3O2S/c1-14-18(16,17)10-6-7-12(11(13)8-10)15(2)9-4-3-5-9/h6-9,14H,3-5,13H2,1-2H3. The summed E-state index contributed by atoms with van der Waals surface area (Å²) < 4.78 is 25.6. The van der Waals surface area contributed by atoms with Crippen LogP contribution in [-0.2, 0) is 10.0 Å². The Kier molecular flexibility index (Phi) is 3.49. The van der Waals surface area contributed by atoms with Crippen molar-refractivity contribution in [3.63, 3.8) is 0 Å². The molecule has 1 aliphatic carbocycles. The lowest BCUT2D eigenvalue weighted by Gasteiger charge is -2.37. The molecule has 1 aliphatic rings. The third kappa shape index (κ3) is 2.30. The second-order valence-electron chi connectivity index (χ2n) is 4.62. The highest BCUT2D eigenvalue weighted by Gasteiger charge is 2.24. The normalized spacial score (nSPS) is 16.3. The van der Waals surface area contributed by atoms with Gasteiger partial charge < -0.3 is 10.6 Å². The highest BCUT2D eigenvalue weighted by atomic mass is 32.2. The zero-order valence-corrected chi connectivity index (χ0v) is 11.5. The van der Waals surface area contributed by atoms with Gasteiger partial charge in [-0.15, -0.1) is 0 Å². The lowest BCUT2D eigenvalue weighted by Crippen LogP contribution is -2.37. The minimum Gasteiger partial charge on any atom is -0.397 e. The summed E-state index contributed by atoms with van der Waals surface area (Å²) in [7, 11) is -0.0329. The molecule has 0 spiro atoms. The van der Waals surface area contributed by atoms with Gasteiger partial charge in [-0.25, -0.2) is 13.1 Å². The van der Waals surface area contributed by atoms with Crippen LogP contribution in [0.2, 0.25) is 0 Å². The SMILES string of the molecule is CNS(=O)(=O)c1ccc(N(C)C2CCC2)c(N)c1. The first-order chi connectivity index (χ1) is 8.45. The van der Waals surface area contributed by atoms with Gasteiger partial charge in [0.2, 0.25) is 10.0 Å². The van der Waals surface area contributed by atoms with Crippen LogP contribution >= 0.6 is 0 Å². The van der Waals surface area contributed by atoms with E-state index in [1.165, 1.54) is 32.4 Å². The molecule has 0 atom stereocenters. The van der Waals surface area contributed by atoms with Gasteiger partial charge in [0, 0.05) is 13.1 Å². The van der Waals surface area contributed by atoms with Crippen molar-refractivity contribution in [2.75, 3.05) is 24.7 Å². The van der Waals surface area contributed by atoms with E-state index in [9.17, 15) is 8.42 Å². The van der Waals surface area contributed by atoms with Crippen molar-refractivity contribution in [2.24, 2.45) is 0 Å². The van der Waals surface area contributed by atoms with E-state index < -0.39 is 10.0 Å². The zero-order valence-electron chi connectivity index (χ0n) is 10.7. The van der Waals surface area contributed by atoms with Gasteiger partial charge in [-0.2, -0.15) is 0 Å². The lowest BCUT2D eigenvalue weighted by molar-refractivity contribution is 0.401. The molecule has 2 rings (SSSR count). The number of hydrogen-bond acceptors (Lipinski definition) is 4. The Morgan fingerprint density at radius 1 is 1.39 bits per heavy atom. The molecule has 0 aromatic heterocycles. The Morgan fingerprint density at radius 3 is 2.50 bits per heavy atom. The molecule has 1 fully saturated rings. The van der Waals surface area contributed by atoms with E-state index in [4.69, 9.17) is 5.73 Å². The summed E-state index contributed by atoms with van der Waals surface area (Å²) in [5, 5.41) is 0. The maximum Gasteiger partial charge on any atom is 0.240 e. The first-order valence-corrected chi connectivity index (χ1v) is 7.50. The Hall–Kier alpha value is -1.27. The summed E-state index contributed by atoms with van der Waals surface area (Å²) >= 11 is 0. The van der Waals surface area contributed by atoms with Crippen LogP contribution in [0.15, 0.2) is 23.1 Å². The molecular weight excluding hydrogens is 250 g/mol. The molecule has 0 amide bonds. The van der Waals surface area contributed by atoms with Crippen LogP contribution < -0.4 is 15.4 Å². The summed E-state index contributed by atoms with van der Waals surface area (Å²) in [6, 6.07) is 5.40. The van der Waals surface area contributed by atoms with Crippen molar-refractivity contribution < 1.29 is 8.42 Å². The number of sulfonamides is 1. The molecule has 6 heteroatoms. The molecular formula is C12H19N3O2S. The third-order valence-corrected chi connectivity index (χ3v) is 4.99. The second kappa shape index (κ2) is 4.78. The maximum atomic E-state index is 11.7. The highest BCUT2D eigenvalue weighted by molar-refractivity contribution is 7.89. The van der Waals surface area contributed by atoms with E-state index in [0.717, 1.165) is 5.69 Å². The second-order valence-corrected chi connectivity index (χ2v) is 6.51. The van der Waals surface area contributed by atoms with Crippen LogP contribution in [0.4, 0.5) is 11.4 Å². The lowest BCUT2D eigenvalue weighted by atomic mass is 9.91. The molecule has 0 heterocycles. The molecule has 18 heavy (non-hydrogen) atoms. The average molecular weight is 269 g/mol. The molecule has 0 unspecified atom stereocenters. The van der Waals surface area contributed by atoms with Gasteiger partial charge in [0.25, 0.3) is 0 Å². The number of hydrogen-bond donors (Lipinski definition) is 2. The molecule has 0 bridgehead atoms. The predicted molar refractivity (Wildman–Crippen MR) is 73.1 cm³/mol. The summed E-state index contributed by atoms with van der Waals surface area (Å²) in [6.45, 7) is 0. The average Bonchev–Trinajstić information content (AvgIpc) is 2.26. The number of nitrogens with one attached hydrogen (secondary N) is 1. The fraction of sp³-hybridized carbons (Fsp3) is 0.500. The number of anilines is 2. The van der Waals surface area contributed by atoms with Crippen LogP contribution in [0, 0.1) is 0 Å². The van der Waals surface area contributed by atoms with Crippen LogP contribution in [0.1, 0.15) is 19.3 Å². The van der Waals surface area contributed by atoms with E-state index >= 15 is 0 Å². The van der Waals surface area contributed by atoms with Crippen molar-refractivity contribution in [3.05, 3.63) is 18.2 Å². The number of nitrogens with two attached hydrogens (primary N) is 1. The van der Waals surface area contributed by atoms with Crippen LogP contribution in [0.25, 0.3) is 0 Å². The van der Waals surface area contributed by atoms with E-state index in [0.29, 0.717) is 11.7 Å². The van der Waals surface area contributed by atoms with E-state index in [2.05, 4.69) is 9.62 Å². The Labute approximate surface area is 108 Å². The smallest absolute Gasteiger partial charge is 0.240 e. The monoisotopic (exact) mass is 269 g/mol. The summed E-state index contributed by atoms with van der Waals surface area (Å²) in [4.78, 5) is 2.34. The van der Waals surface area contributed by atoms with Crippen LogP contribution in [0.3, 0.4) is 0 Å². The van der Waals surface area contributed by atoms with Gasteiger partial charge in [-0.1, -0.05) is 0 Å². The predicted octanol–water partition coefficient (Wildman–Crippen LogP) is 1.17. The van der Waals surface area contributed by atoms with Gasteiger partial charge in [-0.3, -0.25) is 0 Å². The van der Waals surface area contributed by atoms with Crippen molar-refractivity contribution in [1.82, 2.24) is 4.72 Å². The van der Waals surface area contributed by atoms with E-state index in [-0.39, 0.29) is 4.90 Å². The highest BCUT2D eigenvalue weighted by Crippen LogP contribution is 2.32. The minimum atomic E-state index is -3.42. The van der Waals surface area contributed by atoms with Gasteiger partial charge in [0.1, 0.15) is 0 Å². The largest absolute Gasteiger partial charge is 0.397 e. The first kappa shape index (κ1) is 13.2. The topological polar surface area (TPSA) is 75.4 Å². The van der Waals surface area contributed by atoms with Gasteiger partial charge in [0.15, 0.2) is 0 Å². The molecule has 1 aromatic rings. The van der Waals surface area contributed by atoms with Crippen LogP contribution in [0.5, 0.6) is 0 Å². The molecule has 1 saturated carbocycles. The number of benzene rings is 1. The molecule has 3 N–H and O–H groups in total. The van der Waals surface area contributed by atoms with E-state index in [1.54, 1.807) is 12.1 Å². The molecule has 0 aliphatic heterocycles. The van der Waals surface area contributed by atoms with Crippen molar-refractivity contribution >= 4 is 21.4 Å². The summed E-state index contributed by atoms with van der Waals surface area (Å²) in [5.74, 6) is 0. The molecule has 1 aromatic carbocycles. The van der Waals surface area contributed by atoms with Crippen LogP contribution in [-0.4, -0.2) is 28.6 Å². The number of rotatable bonds is 4.